The summed E-state index contributed by atoms with van der Waals surface area (Å²) in [5, 5.41) is 29.7. The van der Waals surface area contributed by atoms with Gasteiger partial charge in [-0.05, 0) is 6.07 Å². The molecule has 1 heterocycles. The summed E-state index contributed by atoms with van der Waals surface area (Å²) in [7, 11) is 0. The number of thiophene rings is 1. The molecule has 1 atom stereocenters. The molecule has 0 aliphatic rings. The first-order chi connectivity index (χ1) is 6.67. The van der Waals surface area contributed by atoms with Crippen molar-refractivity contribution in [3.05, 3.63) is 21.9 Å². The van der Waals surface area contributed by atoms with Crippen LogP contribution < -0.4 is 5.32 Å². The number of nitrogens with one attached hydrogen (secondary N) is 1. The molecule has 0 radical (unpaired) electrons. The molecule has 0 saturated heterocycles. The Labute approximate surface area is 84.2 Å². The molecule has 5 nitrogen and oxygen atoms in total. The lowest BCUT2D eigenvalue weighted by atomic mass is 10.2. The number of hydrogen-bond donors (Lipinski definition) is 3. The fraction of sp³-hybridized carbons (Fsp3) is 0.250. The van der Waals surface area contributed by atoms with Crippen molar-refractivity contribution in [2.24, 2.45) is 0 Å². The Bertz CT molecular complexity index is 369. The molecule has 1 amide bonds. The molecule has 3 N–H and O–H groups in total. The van der Waals surface area contributed by atoms with E-state index in [2.05, 4.69) is 5.32 Å². The summed E-state index contributed by atoms with van der Waals surface area (Å²) in [6.45, 7) is -0.322. The van der Waals surface area contributed by atoms with Crippen LogP contribution in [-0.2, 0) is 0 Å². The zero-order valence-corrected chi connectivity index (χ0v) is 7.91. The molecule has 14 heavy (non-hydrogen) atoms. The molecule has 0 bridgehead atoms. The lowest BCUT2D eigenvalue weighted by Crippen LogP contribution is -2.28. The Morgan fingerprint density at radius 2 is 2.50 bits per heavy atom. The van der Waals surface area contributed by atoms with Crippen molar-refractivity contribution in [2.75, 3.05) is 6.61 Å². The molecule has 0 aliphatic heterocycles. The van der Waals surface area contributed by atoms with Gasteiger partial charge in [0.1, 0.15) is 6.07 Å². The van der Waals surface area contributed by atoms with Crippen molar-refractivity contribution in [2.45, 2.75) is 6.04 Å². The van der Waals surface area contributed by atoms with Crippen LogP contribution in [0.3, 0.4) is 0 Å². The molecule has 1 aromatic rings. The Balaban J connectivity index is 2.79. The SMILES string of the molecule is N#Cc1csc(C(CO)NC(=O)O)c1. The number of hydrogen-bond acceptors (Lipinski definition) is 4. The molecule has 0 aliphatic carbocycles. The number of carboxylic acid groups (broad SMARTS) is 1. The van der Waals surface area contributed by atoms with Crippen LogP contribution in [0.2, 0.25) is 0 Å². The zero-order valence-electron chi connectivity index (χ0n) is 7.10. The quantitative estimate of drug-likeness (QED) is 0.694. The average Bonchev–Trinajstić information content (AvgIpc) is 2.62. The van der Waals surface area contributed by atoms with Gasteiger partial charge in [0.05, 0.1) is 18.2 Å². The second-order valence-electron chi connectivity index (χ2n) is 2.53. The summed E-state index contributed by atoms with van der Waals surface area (Å²) < 4.78 is 0. The molecule has 0 spiro atoms. The number of amides is 1. The van der Waals surface area contributed by atoms with E-state index in [-0.39, 0.29) is 6.61 Å². The van der Waals surface area contributed by atoms with Crippen LogP contribution in [0.25, 0.3) is 0 Å². The summed E-state index contributed by atoms with van der Waals surface area (Å²) >= 11 is 1.24. The van der Waals surface area contributed by atoms with Gasteiger partial charge in [0.2, 0.25) is 0 Å². The van der Waals surface area contributed by atoms with Gasteiger partial charge in [-0.2, -0.15) is 5.26 Å². The van der Waals surface area contributed by atoms with Crippen LogP contribution in [0.15, 0.2) is 11.4 Å². The van der Waals surface area contributed by atoms with E-state index >= 15 is 0 Å². The molecular weight excluding hydrogens is 204 g/mol. The molecule has 1 rings (SSSR count). The summed E-state index contributed by atoms with van der Waals surface area (Å²) in [4.78, 5) is 11.0. The van der Waals surface area contributed by atoms with Crippen molar-refractivity contribution >= 4 is 17.4 Å². The van der Waals surface area contributed by atoms with Gasteiger partial charge in [-0.3, -0.25) is 0 Å². The Kier molecular flexibility index (Phi) is 3.45. The van der Waals surface area contributed by atoms with E-state index in [4.69, 9.17) is 15.5 Å². The predicted molar refractivity (Wildman–Crippen MR) is 50.0 cm³/mol. The second kappa shape index (κ2) is 4.60. The Morgan fingerprint density at radius 3 is 2.93 bits per heavy atom. The van der Waals surface area contributed by atoms with Crippen LogP contribution in [0.1, 0.15) is 16.5 Å². The van der Waals surface area contributed by atoms with Gasteiger partial charge >= 0.3 is 6.09 Å². The highest BCUT2D eigenvalue weighted by molar-refractivity contribution is 7.10. The third-order valence-corrected chi connectivity index (χ3v) is 2.62. The maximum absolute atomic E-state index is 10.3. The number of aliphatic hydroxyl groups is 1. The summed E-state index contributed by atoms with van der Waals surface area (Å²) in [5.74, 6) is 0. The predicted octanol–water partition coefficient (Wildman–Crippen LogP) is 0.921. The first-order valence-corrected chi connectivity index (χ1v) is 4.64. The van der Waals surface area contributed by atoms with Crippen LogP contribution in [0, 0.1) is 11.3 Å². The van der Waals surface area contributed by atoms with E-state index in [1.54, 1.807) is 11.4 Å². The zero-order chi connectivity index (χ0) is 10.6. The highest BCUT2D eigenvalue weighted by atomic mass is 32.1. The van der Waals surface area contributed by atoms with E-state index in [9.17, 15) is 4.79 Å². The number of aliphatic hydroxyl groups excluding tert-OH is 1. The summed E-state index contributed by atoms with van der Waals surface area (Å²) in [6.07, 6.45) is -1.20. The standard InChI is InChI=1S/C8H8N2O3S/c9-2-5-1-7(14-4-5)6(3-11)10-8(12)13/h1,4,6,10-11H,3H2,(H,12,13). The van der Waals surface area contributed by atoms with Crippen LogP contribution in [0.5, 0.6) is 0 Å². The lowest BCUT2D eigenvalue weighted by Gasteiger charge is -2.11. The first kappa shape index (κ1) is 10.5. The smallest absolute Gasteiger partial charge is 0.405 e. The third kappa shape index (κ3) is 2.45. The van der Waals surface area contributed by atoms with Crippen molar-refractivity contribution in [1.82, 2.24) is 5.32 Å². The van der Waals surface area contributed by atoms with E-state index in [1.165, 1.54) is 11.3 Å². The van der Waals surface area contributed by atoms with E-state index in [1.807, 2.05) is 6.07 Å². The summed E-state index contributed by atoms with van der Waals surface area (Å²) in [6, 6.07) is 2.84. The van der Waals surface area contributed by atoms with Gasteiger partial charge in [-0.15, -0.1) is 11.3 Å². The Morgan fingerprint density at radius 1 is 1.79 bits per heavy atom. The number of rotatable bonds is 3. The molecular formula is C8H8N2O3S. The fourth-order valence-corrected chi connectivity index (χ4v) is 1.83. The van der Waals surface area contributed by atoms with Crippen molar-refractivity contribution in [3.8, 4) is 6.07 Å². The minimum atomic E-state index is -1.20. The van der Waals surface area contributed by atoms with Gasteiger partial charge in [-0.25, -0.2) is 4.79 Å². The van der Waals surface area contributed by atoms with Crippen LogP contribution in [0.4, 0.5) is 4.79 Å². The molecule has 1 unspecified atom stereocenters. The summed E-state index contributed by atoms with van der Waals surface area (Å²) in [5.41, 5.74) is 0.468. The first-order valence-electron chi connectivity index (χ1n) is 3.76. The van der Waals surface area contributed by atoms with Gasteiger partial charge in [0.25, 0.3) is 0 Å². The molecule has 0 aromatic carbocycles. The van der Waals surface area contributed by atoms with E-state index in [0.29, 0.717) is 10.4 Å². The van der Waals surface area contributed by atoms with Gasteiger partial charge < -0.3 is 15.5 Å². The fourth-order valence-electron chi connectivity index (χ4n) is 0.950. The third-order valence-electron chi connectivity index (χ3n) is 1.57. The maximum atomic E-state index is 10.3. The normalized spacial score (nSPS) is 11.7. The van der Waals surface area contributed by atoms with Crippen molar-refractivity contribution in [3.63, 3.8) is 0 Å². The van der Waals surface area contributed by atoms with Crippen molar-refractivity contribution in [1.29, 1.82) is 5.26 Å². The molecule has 6 heteroatoms. The highest BCUT2D eigenvalue weighted by Gasteiger charge is 2.14. The monoisotopic (exact) mass is 212 g/mol. The minimum absolute atomic E-state index is 0.322. The second-order valence-corrected chi connectivity index (χ2v) is 3.48. The van der Waals surface area contributed by atoms with Crippen molar-refractivity contribution < 1.29 is 15.0 Å². The van der Waals surface area contributed by atoms with E-state index < -0.39 is 12.1 Å². The number of carbonyl (C=O) groups is 1. The molecule has 0 saturated carbocycles. The topological polar surface area (TPSA) is 93.4 Å². The minimum Gasteiger partial charge on any atom is -0.465 e. The van der Waals surface area contributed by atoms with Crippen LogP contribution >= 0.6 is 11.3 Å². The lowest BCUT2D eigenvalue weighted by molar-refractivity contribution is 0.178. The molecule has 1 aromatic heterocycles. The molecule has 0 fully saturated rings. The van der Waals surface area contributed by atoms with Gasteiger partial charge in [0, 0.05) is 10.3 Å². The van der Waals surface area contributed by atoms with E-state index in [0.717, 1.165) is 0 Å². The van der Waals surface area contributed by atoms with Gasteiger partial charge in [0.15, 0.2) is 0 Å². The average molecular weight is 212 g/mol. The van der Waals surface area contributed by atoms with Gasteiger partial charge in [-0.1, -0.05) is 0 Å². The molecule has 74 valence electrons. The Hall–Kier alpha value is -1.58. The van der Waals surface area contributed by atoms with Crippen LogP contribution in [-0.4, -0.2) is 22.9 Å². The highest BCUT2D eigenvalue weighted by Crippen LogP contribution is 2.21. The number of nitrogens with zero attached hydrogens (tertiary/aromatic N) is 1. The maximum Gasteiger partial charge on any atom is 0.405 e. The largest absolute Gasteiger partial charge is 0.465 e. The number of nitriles is 1.